The molecule has 0 aliphatic carbocycles. The zero-order valence-electron chi connectivity index (χ0n) is 7.63. The van der Waals surface area contributed by atoms with E-state index in [4.69, 9.17) is 4.42 Å². The highest BCUT2D eigenvalue weighted by Crippen LogP contribution is 2.26. The summed E-state index contributed by atoms with van der Waals surface area (Å²) in [7, 11) is 0. The highest BCUT2D eigenvalue weighted by molar-refractivity contribution is 5.63. The Morgan fingerprint density at radius 2 is 2.00 bits per heavy atom. The summed E-state index contributed by atoms with van der Waals surface area (Å²) in [6.07, 6.45) is 5.30. The minimum Gasteiger partial charge on any atom is -0.464 e. The van der Waals surface area contributed by atoms with Crippen molar-refractivity contribution in [2.24, 2.45) is 0 Å². The smallest absolute Gasteiger partial charge is 0.133 e. The van der Waals surface area contributed by atoms with E-state index >= 15 is 0 Å². The number of hydrogen-bond acceptors (Lipinski definition) is 1. The van der Waals surface area contributed by atoms with E-state index in [1.54, 1.807) is 12.3 Å². The molecular weight excluding hydrogens is 148 g/mol. The maximum atomic E-state index is 5.31. The molecule has 0 aromatic carbocycles. The average molecular weight is 162 g/mol. The molecule has 0 saturated carbocycles. The normalized spacial score (nSPS) is 10.2. The summed E-state index contributed by atoms with van der Waals surface area (Å²) < 4.78 is 5.31. The van der Waals surface area contributed by atoms with Crippen LogP contribution in [0.15, 0.2) is 23.8 Å². The quantitative estimate of drug-likeness (QED) is 0.660. The van der Waals surface area contributed by atoms with Crippen molar-refractivity contribution in [3.63, 3.8) is 0 Å². The van der Waals surface area contributed by atoms with Crippen molar-refractivity contribution < 1.29 is 4.42 Å². The molecule has 1 rings (SSSR count). The maximum absolute atomic E-state index is 5.31. The maximum Gasteiger partial charge on any atom is 0.133 e. The van der Waals surface area contributed by atoms with Crippen LogP contribution >= 0.6 is 0 Å². The Labute approximate surface area is 73.4 Å². The Morgan fingerprint density at radius 1 is 1.33 bits per heavy atom. The van der Waals surface area contributed by atoms with E-state index in [1.165, 1.54) is 5.56 Å². The Morgan fingerprint density at radius 3 is 2.42 bits per heavy atom. The highest BCUT2D eigenvalue weighted by atomic mass is 16.3. The van der Waals surface area contributed by atoms with Crippen molar-refractivity contribution in [1.82, 2.24) is 0 Å². The van der Waals surface area contributed by atoms with Gasteiger partial charge in [0.05, 0.1) is 6.26 Å². The topological polar surface area (TPSA) is 13.1 Å². The second kappa shape index (κ2) is 3.44. The Balaban J connectivity index is 3.22. The van der Waals surface area contributed by atoms with Gasteiger partial charge in [-0.25, -0.2) is 0 Å². The standard InChI is InChI=1S/C11H14O/c1-5-9-10(8(3)4)7-12-11(9)6-2/h5-8H,1-2H2,3-4H3. The summed E-state index contributed by atoms with van der Waals surface area (Å²) in [5.41, 5.74) is 2.26. The number of furan rings is 1. The Hall–Kier alpha value is -1.24. The molecule has 1 aromatic rings. The summed E-state index contributed by atoms with van der Waals surface area (Å²) in [5, 5.41) is 0. The molecule has 0 bridgehead atoms. The summed E-state index contributed by atoms with van der Waals surface area (Å²) in [6, 6.07) is 0. The Bertz CT molecular complexity index is 292. The molecule has 0 unspecified atom stereocenters. The summed E-state index contributed by atoms with van der Waals surface area (Å²) in [4.78, 5) is 0. The largest absolute Gasteiger partial charge is 0.464 e. The van der Waals surface area contributed by atoms with Crippen LogP contribution < -0.4 is 0 Å². The first-order chi connectivity index (χ1) is 5.70. The van der Waals surface area contributed by atoms with Crippen molar-refractivity contribution in [1.29, 1.82) is 0 Å². The van der Waals surface area contributed by atoms with Gasteiger partial charge in [-0.05, 0) is 12.0 Å². The molecule has 1 nitrogen and oxygen atoms in total. The molecule has 1 heterocycles. The first kappa shape index (κ1) is 8.85. The van der Waals surface area contributed by atoms with Crippen LogP contribution in [0.2, 0.25) is 0 Å². The molecule has 12 heavy (non-hydrogen) atoms. The fraction of sp³-hybridized carbons (Fsp3) is 0.273. The molecule has 0 fully saturated rings. The van der Waals surface area contributed by atoms with Gasteiger partial charge in [-0.2, -0.15) is 0 Å². The molecular formula is C11H14O. The Kier molecular flexibility index (Phi) is 2.54. The van der Waals surface area contributed by atoms with Crippen LogP contribution in [-0.4, -0.2) is 0 Å². The van der Waals surface area contributed by atoms with Gasteiger partial charge < -0.3 is 4.42 Å². The minimum absolute atomic E-state index is 0.468. The molecule has 0 radical (unpaired) electrons. The fourth-order valence-corrected chi connectivity index (χ4v) is 1.22. The predicted octanol–water partition coefficient (Wildman–Crippen LogP) is 3.69. The zero-order valence-corrected chi connectivity index (χ0v) is 7.63. The third kappa shape index (κ3) is 1.35. The first-order valence-electron chi connectivity index (χ1n) is 4.07. The molecule has 0 N–H and O–H groups in total. The second-order valence-electron chi connectivity index (χ2n) is 3.03. The van der Waals surface area contributed by atoms with E-state index in [-0.39, 0.29) is 0 Å². The van der Waals surface area contributed by atoms with Gasteiger partial charge in [0.15, 0.2) is 0 Å². The van der Waals surface area contributed by atoms with E-state index in [2.05, 4.69) is 27.0 Å². The third-order valence-corrected chi connectivity index (χ3v) is 1.90. The average Bonchev–Trinajstić information content (AvgIpc) is 2.46. The lowest BCUT2D eigenvalue weighted by atomic mass is 10.0. The van der Waals surface area contributed by atoms with E-state index < -0.39 is 0 Å². The molecule has 0 amide bonds. The van der Waals surface area contributed by atoms with E-state index in [9.17, 15) is 0 Å². The molecule has 0 aliphatic heterocycles. The van der Waals surface area contributed by atoms with Crippen LogP contribution in [0.5, 0.6) is 0 Å². The lowest BCUT2D eigenvalue weighted by molar-refractivity contribution is 0.552. The van der Waals surface area contributed by atoms with Crippen LogP contribution in [0.25, 0.3) is 12.2 Å². The van der Waals surface area contributed by atoms with Crippen LogP contribution in [0.1, 0.15) is 36.7 Å². The van der Waals surface area contributed by atoms with E-state index in [1.807, 2.05) is 6.08 Å². The minimum atomic E-state index is 0.468. The van der Waals surface area contributed by atoms with Gasteiger partial charge >= 0.3 is 0 Å². The molecule has 0 aliphatic rings. The lowest BCUT2D eigenvalue weighted by Gasteiger charge is -2.01. The van der Waals surface area contributed by atoms with Gasteiger partial charge in [-0.15, -0.1) is 0 Å². The van der Waals surface area contributed by atoms with Gasteiger partial charge in [0.1, 0.15) is 5.76 Å². The second-order valence-corrected chi connectivity index (χ2v) is 3.03. The van der Waals surface area contributed by atoms with Gasteiger partial charge in [-0.1, -0.05) is 33.1 Å². The summed E-state index contributed by atoms with van der Waals surface area (Å²) in [5.74, 6) is 1.28. The van der Waals surface area contributed by atoms with Crippen molar-refractivity contribution in [2.75, 3.05) is 0 Å². The molecule has 1 heteroatoms. The van der Waals surface area contributed by atoms with Crippen molar-refractivity contribution in [3.8, 4) is 0 Å². The molecule has 1 aromatic heterocycles. The van der Waals surface area contributed by atoms with Crippen LogP contribution in [0, 0.1) is 0 Å². The monoisotopic (exact) mass is 162 g/mol. The van der Waals surface area contributed by atoms with Gasteiger partial charge in [-0.3, -0.25) is 0 Å². The van der Waals surface area contributed by atoms with Crippen molar-refractivity contribution >= 4 is 12.2 Å². The van der Waals surface area contributed by atoms with Gasteiger partial charge in [0.25, 0.3) is 0 Å². The summed E-state index contributed by atoms with van der Waals surface area (Å²) in [6.45, 7) is 11.7. The van der Waals surface area contributed by atoms with E-state index in [0.717, 1.165) is 11.3 Å². The molecule has 0 atom stereocenters. The third-order valence-electron chi connectivity index (χ3n) is 1.90. The number of hydrogen-bond donors (Lipinski definition) is 0. The van der Waals surface area contributed by atoms with E-state index in [0.29, 0.717) is 5.92 Å². The van der Waals surface area contributed by atoms with Gasteiger partial charge in [0.2, 0.25) is 0 Å². The van der Waals surface area contributed by atoms with Crippen LogP contribution in [0.4, 0.5) is 0 Å². The van der Waals surface area contributed by atoms with Crippen molar-refractivity contribution in [2.45, 2.75) is 19.8 Å². The lowest BCUT2D eigenvalue weighted by Crippen LogP contribution is -1.86. The molecule has 0 spiro atoms. The summed E-state index contributed by atoms with van der Waals surface area (Å²) >= 11 is 0. The first-order valence-corrected chi connectivity index (χ1v) is 4.07. The van der Waals surface area contributed by atoms with Crippen LogP contribution in [0.3, 0.4) is 0 Å². The molecule has 64 valence electrons. The van der Waals surface area contributed by atoms with Crippen molar-refractivity contribution in [3.05, 3.63) is 36.3 Å². The predicted molar refractivity (Wildman–Crippen MR) is 53.0 cm³/mol. The van der Waals surface area contributed by atoms with Gasteiger partial charge in [0, 0.05) is 11.1 Å². The SMILES string of the molecule is C=Cc1occ(C(C)C)c1C=C. The highest BCUT2D eigenvalue weighted by Gasteiger charge is 2.10. The fourth-order valence-electron chi connectivity index (χ4n) is 1.22. The number of rotatable bonds is 3. The molecule has 0 saturated heterocycles. The van der Waals surface area contributed by atoms with Crippen LogP contribution in [-0.2, 0) is 0 Å². The zero-order chi connectivity index (χ0) is 9.14.